The van der Waals surface area contributed by atoms with Gasteiger partial charge >= 0.3 is 5.97 Å². The lowest BCUT2D eigenvalue weighted by molar-refractivity contribution is -0.141. The van der Waals surface area contributed by atoms with E-state index in [0.29, 0.717) is 19.3 Å². The summed E-state index contributed by atoms with van der Waals surface area (Å²) in [6, 6.07) is 1.96. The quantitative estimate of drug-likeness (QED) is 0.873. The summed E-state index contributed by atoms with van der Waals surface area (Å²) in [5.41, 5.74) is 1.05. The van der Waals surface area contributed by atoms with Gasteiger partial charge in [-0.15, -0.1) is 0 Å². The highest BCUT2D eigenvalue weighted by Gasteiger charge is 2.35. The molecule has 1 aromatic rings. The molecule has 2 N–H and O–H groups in total. The van der Waals surface area contributed by atoms with E-state index in [2.05, 4.69) is 10.4 Å². The van der Waals surface area contributed by atoms with E-state index in [0.717, 1.165) is 25.1 Å². The Morgan fingerprint density at radius 1 is 1.30 bits per heavy atom. The van der Waals surface area contributed by atoms with Crippen LogP contribution in [0.15, 0.2) is 12.3 Å². The van der Waals surface area contributed by atoms with Crippen LogP contribution in [0.1, 0.15) is 43.8 Å². The van der Waals surface area contributed by atoms with Crippen molar-refractivity contribution < 1.29 is 14.7 Å². The first-order valence-electron chi connectivity index (χ1n) is 7.20. The molecular weight excluding hydrogens is 258 g/mol. The molecule has 1 aliphatic carbocycles. The Kier molecular flexibility index (Phi) is 3.46. The lowest BCUT2D eigenvalue weighted by atomic mass is 10.0. The maximum Gasteiger partial charge on any atom is 0.306 e. The SMILES string of the molecule is O=C(O)[C@@H]1CC[C@H](C(=O)NC2CCCn3nccc32)C1. The molecule has 0 aromatic carbocycles. The Hall–Kier alpha value is -1.85. The largest absolute Gasteiger partial charge is 0.481 e. The Morgan fingerprint density at radius 2 is 2.10 bits per heavy atom. The third-order valence-electron chi connectivity index (χ3n) is 4.44. The molecule has 1 saturated carbocycles. The molecule has 2 aliphatic rings. The molecular formula is C14H19N3O3. The molecule has 108 valence electrons. The van der Waals surface area contributed by atoms with Crippen molar-refractivity contribution in [2.75, 3.05) is 0 Å². The van der Waals surface area contributed by atoms with E-state index in [1.807, 2.05) is 10.7 Å². The topological polar surface area (TPSA) is 84.2 Å². The summed E-state index contributed by atoms with van der Waals surface area (Å²) < 4.78 is 1.93. The molecule has 0 saturated heterocycles. The van der Waals surface area contributed by atoms with E-state index in [9.17, 15) is 9.59 Å². The molecule has 6 nitrogen and oxygen atoms in total. The zero-order valence-corrected chi connectivity index (χ0v) is 11.3. The van der Waals surface area contributed by atoms with Crippen molar-refractivity contribution in [3.8, 4) is 0 Å². The third-order valence-corrected chi connectivity index (χ3v) is 4.44. The van der Waals surface area contributed by atoms with Crippen LogP contribution < -0.4 is 5.32 Å². The molecule has 0 spiro atoms. The van der Waals surface area contributed by atoms with Gasteiger partial charge in [-0.05, 0) is 38.2 Å². The Bertz CT molecular complexity index is 525. The molecule has 1 aliphatic heterocycles. The number of carbonyl (C=O) groups excluding carboxylic acids is 1. The van der Waals surface area contributed by atoms with Crippen LogP contribution in [0, 0.1) is 11.8 Å². The molecule has 20 heavy (non-hydrogen) atoms. The predicted molar refractivity (Wildman–Crippen MR) is 70.8 cm³/mol. The van der Waals surface area contributed by atoms with E-state index in [1.54, 1.807) is 6.20 Å². The van der Waals surface area contributed by atoms with Gasteiger partial charge in [0.15, 0.2) is 0 Å². The second-order valence-corrected chi connectivity index (χ2v) is 5.73. The van der Waals surface area contributed by atoms with Gasteiger partial charge in [0.05, 0.1) is 17.7 Å². The molecule has 0 radical (unpaired) electrons. The average molecular weight is 277 g/mol. The molecule has 3 rings (SSSR count). The smallest absolute Gasteiger partial charge is 0.306 e. The first kappa shape index (κ1) is 13.1. The zero-order chi connectivity index (χ0) is 14.1. The van der Waals surface area contributed by atoms with Crippen LogP contribution >= 0.6 is 0 Å². The number of hydrogen-bond acceptors (Lipinski definition) is 3. The molecule has 3 atom stereocenters. The molecule has 0 bridgehead atoms. The number of carboxylic acid groups (broad SMARTS) is 1. The number of hydrogen-bond donors (Lipinski definition) is 2. The van der Waals surface area contributed by atoms with Gasteiger partial charge in [0, 0.05) is 18.7 Å². The number of aryl methyl sites for hydroxylation is 1. The second kappa shape index (κ2) is 5.26. The molecule has 1 unspecified atom stereocenters. The highest BCUT2D eigenvalue weighted by Crippen LogP contribution is 2.32. The minimum absolute atomic E-state index is 0.00611. The number of fused-ring (bicyclic) bond motifs is 1. The summed E-state index contributed by atoms with van der Waals surface area (Å²) >= 11 is 0. The zero-order valence-electron chi connectivity index (χ0n) is 11.3. The number of aromatic nitrogens is 2. The van der Waals surface area contributed by atoms with Crippen LogP contribution in [-0.4, -0.2) is 26.8 Å². The number of carboxylic acids is 1. The van der Waals surface area contributed by atoms with Crippen molar-refractivity contribution in [2.45, 2.75) is 44.7 Å². The lowest BCUT2D eigenvalue weighted by Gasteiger charge is -2.25. The van der Waals surface area contributed by atoms with Gasteiger partial charge in [0.1, 0.15) is 0 Å². The van der Waals surface area contributed by atoms with Crippen molar-refractivity contribution in [1.82, 2.24) is 15.1 Å². The minimum atomic E-state index is -0.781. The van der Waals surface area contributed by atoms with Gasteiger partial charge in [-0.1, -0.05) is 0 Å². The van der Waals surface area contributed by atoms with Crippen molar-refractivity contribution in [2.24, 2.45) is 11.8 Å². The Labute approximate surface area is 117 Å². The van der Waals surface area contributed by atoms with Gasteiger partial charge in [-0.3, -0.25) is 14.3 Å². The Morgan fingerprint density at radius 3 is 2.85 bits per heavy atom. The summed E-state index contributed by atoms with van der Waals surface area (Å²) in [4.78, 5) is 23.2. The van der Waals surface area contributed by atoms with Crippen LogP contribution in [0.3, 0.4) is 0 Å². The number of nitrogens with zero attached hydrogens (tertiary/aromatic N) is 2. The second-order valence-electron chi connectivity index (χ2n) is 5.73. The van der Waals surface area contributed by atoms with Crippen molar-refractivity contribution in [1.29, 1.82) is 0 Å². The summed E-state index contributed by atoms with van der Waals surface area (Å²) in [5, 5.41) is 16.3. The first-order valence-corrected chi connectivity index (χ1v) is 7.20. The first-order chi connectivity index (χ1) is 9.65. The third kappa shape index (κ3) is 2.42. The average Bonchev–Trinajstić information content (AvgIpc) is 3.08. The fourth-order valence-corrected chi connectivity index (χ4v) is 3.30. The number of rotatable bonds is 3. The van der Waals surface area contributed by atoms with Crippen LogP contribution in [0.25, 0.3) is 0 Å². The van der Waals surface area contributed by atoms with Crippen LogP contribution in [-0.2, 0) is 16.1 Å². The summed E-state index contributed by atoms with van der Waals surface area (Å²) in [6.45, 7) is 0.902. The van der Waals surface area contributed by atoms with E-state index in [1.165, 1.54) is 0 Å². The maximum atomic E-state index is 12.3. The summed E-state index contributed by atoms with van der Waals surface area (Å²) in [7, 11) is 0. The monoisotopic (exact) mass is 277 g/mol. The number of carbonyl (C=O) groups is 2. The van der Waals surface area contributed by atoms with Crippen LogP contribution in [0.5, 0.6) is 0 Å². The predicted octanol–water partition coefficient (Wildman–Crippen LogP) is 1.34. The molecule has 1 amide bonds. The van der Waals surface area contributed by atoms with Crippen molar-refractivity contribution >= 4 is 11.9 Å². The standard InChI is InChI=1S/C14H19N3O3/c18-13(9-3-4-10(8-9)14(19)20)16-11-2-1-7-17-12(11)5-6-15-17/h5-6,9-11H,1-4,7-8H2,(H,16,18)(H,19,20)/t9-,10+,11?/m0/s1. The highest BCUT2D eigenvalue weighted by atomic mass is 16.4. The Balaban J connectivity index is 1.62. The van der Waals surface area contributed by atoms with Crippen molar-refractivity contribution in [3.05, 3.63) is 18.0 Å². The van der Waals surface area contributed by atoms with Gasteiger partial charge in [0.25, 0.3) is 0 Å². The summed E-state index contributed by atoms with van der Waals surface area (Å²) in [6.07, 6.45) is 5.43. The van der Waals surface area contributed by atoms with E-state index in [-0.39, 0.29) is 23.8 Å². The fourth-order valence-electron chi connectivity index (χ4n) is 3.30. The minimum Gasteiger partial charge on any atom is -0.481 e. The maximum absolute atomic E-state index is 12.3. The van der Waals surface area contributed by atoms with Gasteiger partial charge in [-0.25, -0.2) is 0 Å². The van der Waals surface area contributed by atoms with E-state index >= 15 is 0 Å². The molecule has 6 heteroatoms. The van der Waals surface area contributed by atoms with E-state index < -0.39 is 5.97 Å². The van der Waals surface area contributed by atoms with Crippen molar-refractivity contribution in [3.63, 3.8) is 0 Å². The molecule has 1 aromatic heterocycles. The van der Waals surface area contributed by atoms with Crippen LogP contribution in [0.4, 0.5) is 0 Å². The fraction of sp³-hybridized carbons (Fsp3) is 0.643. The summed E-state index contributed by atoms with van der Waals surface area (Å²) in [5.74, 6) is -1.30. The highest BCUT2D eigenvalue weighted by molar-refractivity contribution is 5.81. The number of aliphatic carboxylic acids is 1. The van der Waals surface area contributed by atoms with Gasteiger partial charge < -0.3 is 10.4 Å². The molecule has 1 fully saturated rings. The van der Waals surface area contributed by atoms with Gasteiger partial charge in [0.2, 0.25) is 5.91 Å². The number of amides is 1. The normalized spacial score (nSPS) is 28.9. The lowest BCUT2D eigenvalue weighted by Crippen LogP contribution is -2.36. The molecule has 2 heterocycles. The number of nitrogens with one attached hydrogen (secondary N) is 1. The van der Waals surface area contributed by atoms with Gasteiger partial charge in [-0.2, -0.15) is 5.10 Å². The van der Waals surface area contributed by atoms with Crippen LogP contribution in [0.2, 0.25) is 0 Å². The van der Waals surface area contributed by atoms with E-state index in [4.69, 9.17) is 5.11 Å².